The van der Waals surface area contributed by atoms with Gasteiger partial charge in [-0.25, -0.2) is 13.4 Å². The van der Waals surface area contributed by atoms with Crippen LogP contribution in [0.3, 0.4) is 0 Å². The van der Waals surface area contributed by atoms with E-state index < -0.39 is 20.7 Å². The van der Waals surface area contributed by atoms with E-state index in [1.54, 1.807) is 18.2 Å². The summed E-state index contributed by atoms with van der Waals surface area (Å²) in [5, 5.41) is 13.1. The Bertz CT molecular complexity index is 868. The van der Waals surface area contributed by atoms with Crippen LogP contribution in [0.4, 0.5) is 5.69 Å². The number of carbonyl (C=O) groups is 1. The maximum atomic E-state index is 12.1. The molecule has 8 nitrogen and oxygen atoms in total. The molecule has 2 aromatic rings. The van der Waals surface area contributed by atoms with E-state index in [0.717, 1.165) is 18.3 Å². The van der Waals surface area contributed by atoms with Crippen molar-refractivity contribution in [3.63, 3.8) is 0 Å². The Morgan fingerprint density at radius 2 is 2.04 bits per heavy atom. The zero-order valence-electron chi connectivity index (χ0n) is 12.2. The molecule has 0 saturated heterocycles. The van der Waals surface area contributed by atoms with Gasteiger partial charge in [0.1, 0.15) is 6.20 Å². The summed E-state index contributed by atoms with van der Waals surface area (Å²) in [6, 6.07) is 8.35. The molecule has 0 atom stereocenters. The topological polar surface area (TPSA) is 119 Å². The predicted octanol–water partition coefficient (Wildman–Crippen LogP) is 1.85. The van der Waals surface area contributed by atoms with Gasteiger partial charge >= 0.3 is 0 Å². The minimum Gasteiger partial charge on any atom is -0.351 e. The van der Waals surface area contributed by atoms with Crippen LogP contribution in [0.2, 0.25) is 5.02 Å². The third-order valence-electron chi connectivity index (χ3n) is 2.99. The molecule has 24 heavy (non-hydrogen) atoms. The Kier molecular flexibility index (Phi) is 5.47. The van der Waals surface area contributed by atoms with Gasteiger partial charge in [0.05, 0.1) is 10.7 Å². The SMILES string of the molecule is O=C(NCCS(=O)(=O)c1ccc([N+](=O)[O-])cn1)c1cccc(Cl)c1. The monoisotopic (exact) mass is 369 g/mol. The van der Waals surface area contributed by atoms with E-state index in [1.165, 1.54) is 6.07 Å². The van der Waals surface area contributed by atoms with E-state index in [1.807, 2.05) is 0 Å². The minimum atomic E-state index is -3.76. The third-order valence-corrected chi connectivity index (χ3v) is 4.85. The average molecular weight is 370 g/mol. The van der Waals surface area contributed by atoms with Crippen LogP contribution in [-0.2, 0) is 9.84 Å². The van der Waals surface area contributed by atoms with Crippen molar-refractivity contribution in [3.8, 4) is 0 Å². The molecule has 0 bridgehead atoms. The zero-order valence-corrected chi connectivity index (χ0v) is 13.7. The molecule has 0 unspecified atom stereocenters. The van der Waals surface area contributed by atoms with Gasteiger partial charge in [-0.3, -0.25) is 14.9 Å². The number of amides is 1. The van der Waals surface area contributed by atoms with Gasteiger partial charge in [0.25, 0.3) is 11.6 Å². The number of carbonyl (C=O) groups excluding carboxylic acids is 1. The molecular formula is C14H12ClN3O5S. The highest BCUT2D eigenvalue weighted by molar-refractivity contribution is 7.91. The number of nitrogens with zero attached hydrogens (tertiary/aromatic N) is 2. The van der Waals surface area contributed by atoms with Gasteiger partial charge in [-0.15, -0.1) is 0 Å². The summed E-state index contributed by atoms with van der Waals surface area (Å²) in [6.45, 7) is -0.133. The molecule has 2 rings (SSSR count). The summed E-state index contributed by atoms with van der Waals surface area (Å²) in [7, 11) is -3.76. The molecule has 1 amide bonds. The van der Waals surface area contributed by atoms with Gasteiger partial charge < -0.3 is 5.32 Å². The molecule has 0 fully saturated rings. The van der Waals surface area contributed by atoms with Crippen molar-refractivity contribution in [2.75, 3.05) is 12.3 Å². The summed E-state index contributed by atoms with van der Waals surface area (Å²) >= 11 is 5.78. The maximum Gasteiger partial charge on any atom is 0.287 e. The molecule has 1 aromatic carbocycles. The Morgan fingerprint density at radius 3 is 2.62 bits per heavy atom. The Balaban J connectivity index is 1.97. The van der Waals surface area contributed by atoms with Crippen LogP contribution < -0.4 is 5.32 Å². The van der Waals surface area contributed by atoms with Crippen molar-refractivity contribution >= 4 is 33.0 Å². The van der Waals surface area contributed by atoms with Crippen molar-refractivity contribution in [2.45, 2.75) is 5.03 Å². The van der Waals surface area contributed by atoms with Crippen LogP contribution in [0, 0.1) is 10.1 Å². The molecule has 0 spiro atoms. The molecule has 1 heterocycles. The van der Waals surface area contributed by atoms with Gasteiger partial charge in [-0.2, -0.15) is 0 Å². The molecule has 0 aliphatic carbocycles. The second-order valence-electron chi connectivity index (χ2n) is 4.70. The van der Waals surface area contributed by atoms with E-state index in [-0.39, 0.29) is 23.0 Å². The first-order valence-corrected chi connectivity index (χ1v) is 8.69. The van der Waals surface area contributed by atoms with E-state index in [2.05, 4.69) is 10.3 Å². The number of rotatable bonds is 6. The van der Waals surface area contributed by atoms with Crippen molar-refractivity contribution in [1.29, 1.82) is 0 Å². The average Bonchev–Trinajstić information content (AvgIpc) is 2.54. The summed E-state index contributed by atoms with van der Waals surface area (Å²) in [6.07, 6.45) is 0.872. The van der Waals surface area contributed by atoms with Crippen LogP contribution in [0.5, 0.6) is 0 Å². The fourth-order valence-corrected chi connectivity index (χ4v) is 3.06. The number of sulfone groups is 1. The number of hydrogen-bond acceptors (Lipinski definition) is 6. The maximum absolute atomic E-state index is 12.1. The quantitative estimate of drug-likeness (QED) is 0.613. The normalized spacial score (nSPS) is 11.0. The molecule has 126 valence electrons. The Morgan fingerprint density at radius 1 is 1.29 bits per heavy atom. The van der Waals surface area contributed by atoms with Crippen LogP contribution in [0.15, 0.2) is 47.6 Å². The standard InChI is InChI=1S/C14H12ClN3O5S/c15-11-3-1-2-10(8-11)14(19)16-6-7-24(22,23)13-5-4-12(9-17-13)18(20)21/h1-5,8-9H,6-7H2,(H,16,19). The highest BCUT2D eigenvalue weighted by Gasteiger charge is 2.18. The van der Waals surface area contributed by atoms with Crippen molar-refractivity contribution in [2.24, 2.45) is 0 Å². The zero-order chi connectivity index (χ0) is 17.7. The summed E-state index contributed by atoms with van der Waals surface area (Å²) < 4.78 is 24.2. The largest absolute Gasteiger partial charge is 0.351 e. The molecule has 1 N–H and O–H groups in total. The summed E-state index contributed by atoms with van der Waals surface area (Å²) in [5.41, 5.74) is 0.0107. The number of hydrogen-bond donors (Lipinski definition) is 1. The van der Waals surface area contributed by atoms with E-state index in [4.69, 9.17) is 11.6 Å². The third kappa shape index (κ3) is 4.49. The molecule has 1 aromatic heterocycles. The molecule has 0 aliphatic rings. The second-order valence-corrected chi connectivity index (χ2v) is 7.19. The van der Waals surface area contributed by atoms with Crippen molar-refractivity contribution < 1.29 is 18.1 Å². The van der Waals surface area contributed by atoms with Gasteiger partial charge in [-0.1, -0.05) is 17.7 Å². The number of benzene rings is 1. The smallest absolute Gasteiger partial charge is 0.287 e. The lowest BCUT2D eigenvalue weighted by molar-refractivity contribution is -0.385. The first kappa shape index (κ1) is 17.8. The predicted molar refractivity (Wildman–Crippen MR) is 86.7 cm³/mol. The number of nitrogens with one attached hydrogen (secondary N) is 1. The van der Waals surface area contributed by atoms with Gasteiger partial charge in [0.2, 0.25) is 0 Å². The number of nitro groups is 1. The molecule has 10 heteroatoms. The molecule has 0 saturated carbocycles. The van der Waals surface area contributed by atoms with E-state index >= 15 is 0 Å². The van der Waals surface area contributed by atoms with Crippen molar-refractivity contribution in [3.05, 3.63) is 63.3 Å². The second kappa shape index (κ2) is 7.37. The number of aromatic nitrogens is 1. The fraction of sp³-hybridized carbons (Fsp3) is 0.143. The number of halogens is 1. The fourth-order valence-electron chi connectivity index (χ4n) is 1.80. The van der Waals surface area contributed by atoms with E-state index in [0.29, 0.717) is 10.6 Å². The number of pyridine rings is 1. The van der Waals surface area contributed by atoms with Gasteiger partial charge in [-0.05, 0) is 24.3 Å². The lowest BCUT2D eigenvalue weighted by Crippen LogP contribution is -2.29. The van der Waals surface area contributed by atoms with Crippen molar-refractivity contribution in [1.82, 2.24) is 10.3 Å². The lowest BCUT2D eigenvalue weighted by atomic mass is 10.2. The molecule has 0 radical (unpaired) electrons. The molecule has 0 aliphatic heterocycles. The Hall–Kier alpha value is -2.52. The lowest BCUT2D eigenvalue weighted by Gasteiger charge is -2.06. The van der Waals surface area contributed by atoms with Crippen LogP contribution >= 0.6 is 11.6 Å². The first-order valence-electron chi connectivity index (χ1n) is 6.66. The Labute approximate surface area is 142 Å². The van der Waals surface area contributed by atoms with Gasteiger partial charge in [0.15, 0.2) is 14.9 Å². The van der Waals surface area contributed by atoms with Crippen LogP contribution in [-0.4, -0.2) is 36.5 Å². The van der Waals surface area contributed by atoms with Crippen LogP contribution in [0.25, 0.3) is 0 Å². The van der Waals surface area contributed by atoms with Gasteiger partial charge in [0, 0.05) is 23.2 Å². The molecular weight excluding hydrogens is 358 g/mol. The van der Waals surface area contributed by atoms with E-state index in [9.17, 15) is 23.3 Å². The minimum absolute atomic E-state index is 0.133. The highest BCUT2D eigenvalue weighted by atomic mass is 35.5. The summed E-state index contributed by atoms with van der Waals surface area (Å²) in [4.78, 5) is 25.3. The summed E-state index contributed by atoms with van der Waals surface area (Å²) in [5.74, 6) is -0.839. The first-order chi connectivity index (χ1) is 11.3. The van der Waals surface area contributed by atoms with Crippen LogP contribution in [0.1, 0.15) is 10.4 Å². The highest BCUT2D eigenvalue weighted by Crippen LogP contribution is 2.14.